The van der Waals surface area contributed by atoms with E-state index in [1.54, 1.807) is 6.20 Å². The normalized spacial score (nSPS) is 24.1. The number of nitrogens with zero attached hydrogens (tertiary/aromatic N) is 1. The number of imidazole rings is 1. The van der Waals surface area contributed by atoms with Crippen LogP contribution in [0.4, 0.5) is 0 Å². The summed E-state index contributed by atoms with van der Waals surface area (Å²) in [5.41, 5.74) is 6.51. The number of H-pyrrole nitrogens is 1. The Labute approximate surface area is 110 Å². The predicted molar refractivity (Wildman–Crippen MR) is 67.2 cm³/mol. The highest BCUT2D eigenvalue weighted by Crippen LogP contribution is 2.24. The molecule has 1 aliphatic carbocycles. The van der Waals surface area contributed by atoms with E-state index in [-0.39, 0.29) is 24.3 Å². The highest BCUT2D eigenvalue weighted by atomic mass is 16.4. The van der Waals surface area contributed by atoms with Crippen LogP contribution in [0.25, 0.3) is 0 Å². The lowest BCUT2D eigenvalue weighted by atomic mass is 10.0. The Hall–Kier alpha value is -1.89. The summed E-state index contributed by atoms with van der Waals surface area (Å²) in [4.78, 5) is 29.8. The zero-order valence-corrected chi connectivity index (χ0v) is 10.5. The number of aromatic amines is 1. The molecule has 0 saturated heterocycles. The van der Waals surface area contributed by atoms with Gasteiger partial charge >= 0.3 is 5.97 Å². The number of carboxylic acids is 1. The van der Waals surface area contributed by atoms with Crippen LogP contribution in [0.1, 0.15) is 25.0 Å². The number of carboxylic acid groups (broad SMARTS) is 1. The molecule has 1 saturated carbocycles. The van der Waals surface area contributed by atoms with E-state index in [0.717, 1.165) is 19.3 Å². The van der Waals surface area contributed by atoms with Crippen LogP contribution < -0.4 is 11.1 Å². The van der Waals surface area contributed by atoms with Gasteiger partial charge in [-0.2, -0.15) is 0 Å². The number of nitrogens with two attached hydrogens (primary N) is 1. The molecule has 0 aliphatic heterocycles. The largest absolute Gasteiger partial charge is 0.480 e. The summed E-state index contributed by atoms with van der Waals surface area (Å²) in [6.07, 6.45) is 5.66. The fraction of sp³-hybridized carbons (Fsp3) is 0.583. The fourth-order valence-corrected chi connectivity index (χ4v) is 2.41. The first kappa shape index (κ1) is 13.5. The van der Waals surface area contributed by atoms with Crippen LogP contribution in [-0.2, 0) is 16.0 Å². The smallest absolute Gasteiger partial charge is 0.326 e. The maximum Gasteiger partial charge on any atom is 0.326 e. The van der Waals surface area contributed by atoms with Crippen molar-refractivity contribution in [2.24, 2.45) is 11.7 Å². The van der Waals surface area contributed by atoms with Crippen LogP contribution in [0, 0.1) is 5.92 Å². The molecule has 104 valence electrons. The van der Waals surface area contributed by atoms with Crippen LogP contribution in [0.2, 0.25) is 0 Å². The van der Waals surface area contributed by atoms with Crippen molar-refractivity contribution in [2.75, 3.05) is 0 Å². The number of amides is 1. The molecule has 0 spiro atoms. The van der Waals surface area contributed by atoms with E-state index in [2.05, 4.69) is 15.3 Å². The van der Waals surface area contributed by atoms with Gasteiger partial charge in [-0.1, -0.05) is 6.42 Å². The third kappa shape index (κ3) is 3.31. The fourth-order valence-electron chi connectivity index (χ4n) is 2.41. The maximum atomic E-state index is 12.0. The van der Waals surface area contributed by atoms with Gasteiger partial charge in [-0.05, 0) is 12.8 Å². The molecule has 0 aromatic carbocycles. The summed E-state index contributed by atoms with van der Waals surface area (Å²) < 4.78 is 0. The Morgan fingerprint density at radius 3 is 2.89 bits per heavy atom. The zero-order valence-electron chi connectivity index (χ0n) is 10.5. The number of aliphatic carboxylic acids is 1. The highest BCUT2D eigenvalue weighted by molar-refractivity contribution is 5.85. The molecule has 5 N–H and O–H groups in total. The summed E-state index contributed by atoms with van der Waals surface area (Å²) in [6.45, 7) is 0. The molecule has 2 rings (SSSR count). The van der Waals surface area contributed by atoms with Crippen LogP contribution in [-0.4, -0.2) is 39.0 Å². The van der Waals surface area contributed by atoms with Crippen molar-refractivity contribution in [3.63, 3.8) is 0 Å². The van der Waals surface area contributed by atoms with Crippen LogP contribution >= 0.6 is 0 Å². The maximum absolute atomic E-state index is 12.0. The Balaban J connectivity index is 1.96. The molecular formula is C12H18N4O3. The standard InChI is InChI=1S/C12H18N4O3/c13-9-3-1-2-8(9)11(17)16-10(12(18)19)4-7-5-14-6-15-7/h5-6,8-10H,1-4,13H2,(H,14,15)(H,16,17)(H,18,19)/t8?,9?,10-/m1/s1. The van der Waals surface area contributed by atoms with Gasteiger partial charge < -0.3 is 21.1 Å². The minimum Gasteiger partial charge on any atom is -0.480 e. The quantitative estimate of drug-likeness (QED) is 0.580. The Bertz CT molecular complexity index is 446. The number of rotatable bonds is 5. The number of hydrogen-bond donors (Lipinski definition) is 4. The molecule has 1 heterocycles. The summed E-state index contributed by atoms with van der Waals surface area (Å²) in [5.74, 6) is -1.60. The third-order valence-electron chi connectivity index (χ3n) is 3.50. The van der Waals surface area contributed by atoms with Gasteiger partial charge in [-0.25, -0.2) is 9.78 Å². The lowest BCUT2D eigenvalue weighted by Gasteiger charge is -2.19. The van der Waals surface area contributed by atoms with Gasteiger partial charge in [0.1, 0.15) is 6.04 Å². The second kappa shape index (κ2) is 5.83. The first-order valence-electron chi connectivity index (χ1n) is 6.34. The van der Waals surface area contributed by atoms with Gasteiger partial charge in [-0.15, -0.1) is 0 Å². The van der Waals surface area contributed by atoms with E-state index >= 15 is 0 Å². The topological polar surface area (TPSA) is 121 Å². The molecule has 3 atom stereocenters. The zero-order chi connectivity index (χ0) is 13.8. The summed E-state index contributed by atoms with van der Waals surface area (Å²) >= 11 is 0. The van der Waals surface area contributed by atoms with E-state index < -0.39 is 12.0 Å². The second-order valence-corrected chi connectivity index (χ2v) is 4.88. The summed E-state index contributed by atoms with van der Waals surface area (Å²) in [7, 11) is 0. The van der Waals surface area contributed by atoms with Crippen molar-refractivity contribution < 1.29 is 14.7 Å². The number of hydrogen-bond acceptors (Lipinski definition) is 4. The number of carbonyl (C=O) groups excluding carboxylic acids is 1. The van der Waals surface area contributed by atoms with Crippen molar-refractivity contribution in [3.8, 4) is 0 Å². The van der Waals surface area contributed by atoms with Crippen molar-refractivity contribution >= 4 is 11.9 Å². The number of carbonyl (C=O) groups is 2. The van der Waals surface area contributed by atoms with E-state index in [0.29, 0.717) is 5.69 Å². The number of nitrogens with one attached hydrogen (secondary N) is 2. The molecule has 0 bridgehead atoms. The van der Waals surface area contributed by atoms with Gasteiger partial charge in [0.15, 0.2) is 0 Å². The van der Waals surface area contributed by atoms with Gasteiger partial charge in [-0.3, -0.25) is 4.79 Å². The minimum atomic E-state index is -1.06. The van der Waals surface area contributed by atoms with E-state index in [4.69, 9.17) is 10.8 Å². The molecule has 1 fully saturated rings. The SMILES string of the molecule is NC1CCCC1C(=O)N[C@H](Cc1cnc[nH]1)C(=O)O. The first-order chi connectivity index (χ1) is 9.08. The molecular weight excluding hydrogens is 248 g/mol. The molecule has 7 nitrogen and oxygen atoms in total. The predicted octanol–water partition coefficient (Wildman–Crippen LogP) is -0.351. The molecule has 19 heavy (non-hydrogen) atoms. The number of aromatic nitrogens is 2. The van der Waals surface area contributed by atoms with Crippen LogP contribution in [0.5, 0.6) is 0 Å². The van der Waals surface area contributed by atoms with Crippen molar-refractivity contribution in [2.45, 2.75) is 37.8 Å². The third-order valence-corrected chi connectivity index (χ3v) is 3.50. The van der Waals surface area contributed by atoms with Crippen molar-refractivity contribution in [3.05, 3.63) is 18.2 Å². The molecule has 0 radical (unpaired) electrons. The van der Waals surface area contributed by atoms with Crippen molar-refractivity contribution in [1.82, 2.24) is 15.3 Å². The molecule has 1 aliphatic rings. The lowest BCUT2D eigenvalue weighted by Crippen LogP contribution is -2.47. The Morgan fingerprint density at radius 2 is 2.37 bits per heavy atom. The average Bonchev–Trinajstić information content (AvgIpc) is 2.99. The summed E-state index contributed by atoms with van der Waals surface area (Å²) in [6, 6.07) is -1.12. The van der Waals surface area contributed by atoms with Gasteiger partial charge in [0.25, 0.3) is 0 Å². The van der Waals surface area contributed by atoms with E-state index in [9.17, 15) is 9.59 Å². The molecule has 1 amide bonds. The Kier molecular flexibility index (Phi) is 4.16. The average molecular weight is 266 g/mol. The monoisotopic (exact) mass is 266 g/mol. The first-order valence-corrected chi connectivity index (χ1v) is 6.34. The minimum absolute atomic E-state index is 0.165. The summed E-state index contributed by atoms with van der Waals surface area (Å²) in [5, 5.41) is 11.7. The van der Waals surface area contributed by atoms with E-state index in [1.807, 2.05) is 0 Å². The molecule has 2 unspecified atom stereocenters. The molecule has 1 aromatic rings. The molecule has 1 aromatic heterocycles. The van der Waals surface area contributed by atoms with Gasteiger partial charge in [0.05, 0.1) is 12.2 Å². The van der Waals surface area contributed by atoms with E-state index in [1.165, 1.54) is 6.33 Å². The van der Waals surface area contributed by atoms with Gasteiger partial charge in [0, 0.05) is 24.4 Å². The Morgan fingerprint density at radius 1 is 1.58 bits per heavy atom. The van der Waals surface area contributed by atoms with Crippen molar-refractivity contribution in [1.29, 1.82) is 0 Å². The lowest BCUT2D eigenvalue weighted by molar-refractivity contribution is -0.142. The highest BCUT2D eigenvalue weighted by Gasteiger charge is 2.32. The van der Waals surface area contributed by atoms with Crippen LogP contribution in [0.3, 0.4) is 0 Å². The molecule has 7 heteroatoms. The second-order valence-electron chi connectivity index (χ2n) is 4.88. The van der Waals surface area contributed by atoms with Gasteiger partial charge in [0.2, 0.25) is 5.91 Å². The van der Waals surface area contributed by atoms with Crippen LogP contribution in [0.15, 0.2) is 12.5 Å².